The Kier molecular flexibility index (Phi) is 5.92. The summed E-state index contributed by atoms with van der Waals surface area (Å²) in [4.78, 5) is 16.4. The summed E-state index contributed by atoms with van der Waals surface area (Å²) in [7, 11) is 0. The summed E-state index contributed by atoms with van der Waals surface area (Å²) in [6, 6.07) is 0.211. The summed E-state index contributed by atoms with van der Waals surface area (Å²) >= 11 is 0. The molecule has 0 unspecified atom stereocenters. The Morgan fingerprint density at radius 3 is 2.16 bits per heavy atom. The SMILES string of the molecule is O=C(N1CCCCCC1)N1CCC(OCCO)CC1. The summed E-state index contributed by atoms with van der Waals surface area (Å²) in [5.74, 6) is 0. The number of carbonyl (C=O) groups is 1. The maximum Gasteiger partial charge on any atom is 0.320 e. The van der Waals surface area contributed by atoms with E-state index in [9.17, 15) is 4.79 Å². The number of aliphatic hydroxyl groups is 1. The van der Waals surface area contributed by atoms with E-state index in [4.69, 9.17) is 9.84 Å². The molecule has 2 heterocycles. The Hall–Kier alpha value is -0.810. The van der Waals surface area contributed by atoms with E-state index in [1.165, 1.54) is 12.8 Å². The topological polar surface area (TPSA) is 53.0 Å². The highest BCUT2D eigenvalue weighted by molar-refractivity contribution is 5.74. The number of ether oxygens (including phenoxy) is 1. The minimum Gasteiger partial charge on any atom is -0.394 e. The quantitative estimate of drug-likeness (QED) is 0.844. The van der Waals surface area contributed by atoms with Gasteiger partial charge in [-0.2, -0.15) is 0 Å². The maximum atomic E-state index is 12.4. The first-order chi connectivity index (χ1) is 9.31. The van der Waals surface area contributed by atoms with Gasteiger partial charge in [-0.25, -0.2) is 4.79 Å². The van der Waals surface area contributed by atoms with E-state index in [1.54, 1.807) is 0 Å². The first-order valence-electron chi connectivity index (χ1n) is 7.57. The van der Waals surface area contributed by atoms with Crippen LogP contribution in [0.25, 0.3) is 0 Å². The van der Waals surface area contributed by atoms with Gasteiger partial charge in [0.1, 0.15) is 0 Å². The van der Waals surface area contributed by atoms with Crippen molar-refractivity contribution in [1.82, 2.24) is 9.80 Å². The normalized spacial score (nSPS) is 22.4. The Balaban J connectivity index is 1.75. The van der Waals surface area contributed by atoms with Crippen LogP contribution < -0.4 is 0 Å². The molecule has 2 fully saturated rings. The maximum absolute atomic E-state index is 12.4. The van der Waals surface area contributed by atoms with Gasteiger partial charge in [0.05, 0.1) is 19.3 Å². The lowest BCUT2D eigenvalue weighted by Gasteiger charge is -2.35. The molecule has 5 heteroatoms. The lowest BCUT2D eigenvalue weighted by molar-refractivity contribution is -0.00390. The smallest absolute Gasteiger partial charge is 0.320 e. The molecule has 19 heavy (non-hydrogen) atoms. The lowest BCUT2D eigenvalue weighted by atomic mass is 10.1. The van der Waals surface area contributed by atoms with Crippen LogP contribution >= 0.6 is 0 Å². The standard InChI is InChI=1S/C14H26N2O3/c17-11-12-19-13-5-9-16(10-6-13)14(18)15-7-3-1-2-4-8-15/h13,17H,1-12H2. The second-order valence-electron chi connectivity index (χ2n) is 5.46. The van der Waals surface area contributed by atoms with Crippen LogP contribution in [0.2, 0.25) is 0 Å². The molecule has 5 nitrogen and oxygen atoms in total. The molecule has 0 spiro atoms. The van der Waals surface area contributed by atoms with Crippen LogP contribution in [-0.2, 0) is 4.74 Å². The van der Waals surface area contributed by atoms with Crippen molar-refractivity contribution in [2.24, 2.45) is 0 Å². The van der Waals surface area contributed by atoms with Gasteiger partial charge in [0, 0.05) is 26.2 Å². The zero-order chi connectivity index (χ0) is 13.5. The molecule has 1 N–H and O–H groups in total. The monoisotopic (exact) mass is 270 g/mol. The van der Waals surface area contributed by atoms with Crippen molar-refractivity contribution in [1.29, 1.82) is 0 Å². The molecular formula is C14H26N2O3. The second-order valence-corrected chi connectivity index (χ2v) is 5.46. The number of piperidine rings is 1. The summed E-state index contributed by atoms with van der Waals surface area (Å²) in [5.41, 5.74) is 0. The molecule has 0 saturated carbocycles. The van der Waals surface area contributed by atoms with Crippen LogP contribution in [0.5, 0.6) is 0 Å². The zero-order valence-electron chi connectivity index (χ0n) is 11.7. The summed E-state index contributed by atoms with van der Waals surface area (Å²) in [5, 5.41) is 8.74. The van der Waals surface area contributed by atoms with Gasteiger partial charge in [-0.15, -0.1) is 0 Å². The van der Waals surface area contributed by atoms with Crippen molar-refractivity contribution in [3.8, 4) is 0 Å². The third-order valence-corrected chi connectivity index (χ3v) is 4.03. The molecule has 0 aromatic heterocycles. The molecule has 2 saturated heterocycles. The highest BCUT2D eigenvalue weighted by atomic mass is 16.5. The van der Waals surface area contributed by atoms with Gasteiger partial charge >= 0.3 is 6.03 Å². The van der Waals surface area contributed by atoms with Gasteiger partial charge in [-0.1, -0.05) is 12.8 Å². The molecule has 2 amide bonds. The molecule has 2 rings (SSSR count). The molecule has 0 aromatic rings. The molecule has 0 bridgehead atoms. The third-order valence-electron chi connectivity index (χ3n) is 4.03. The average molecular weight is 270 g/mol. The number of urea groups is 1. The molecule has 0 radical (unpaired) electrons. The summed E-state index contributed by atoms with van der Waals surface area (Å²) < 4.78 is 5.52. The first-order valence-corrected chi connectivity index (χ1v) is 7.57. The van der Waals surface area contributed by atoms with Crippen molar-refractivity contribution in [3.63, 3.8) is 0 Å². The van der Waals surface area contributed by atoms with Gasteiger partial charge in [0.15, 0.2) is 0 Å². The number of aliphatic hydroxyl groups excluding tert-OH is 1. The molecule has 2 aliphatic heterocycles. The molecule has 0 aliphatic carbocycles. The van der Waals surface area contributed by atoms with E-state index in [2.05, 4.69) is 0 Å². The number of amides is 2. The van der Waals surface area contributed by atoms with Crippen LogP contribution in [0, 0.1) is 0 Å². The fourth-order valence-electron chi connectivity index (χ4n) is 2.90. The Labute approximate surface area is 115 Å². The summed E-state index contributed by atoms with van der Waals surface area (Å²) in [6.07, 6.45) is 6.77. The minimum absolute atomic E-state index is 0.0763. The highest BCUT2D eigenvalue weighted by Gasteiger charge is 2.26. The Bertz CT molecular complexity index is 270. The lowest BCUT2D eigenvalue weighted by Crippen LogP contribution is -2.48. The van der Waals surface area contributed by atoms with Gasteiger partial charge in [-0.3, -0.25) is 0 Å². The number of rotatable bonds is 3. The third kappa shape index (κ3) is 4.35. The number of hydrogen-bond acceptors (Lipinski definition) is 3. The van der Waals surface area contributed by atoms with Crippen LogP contribution in [0.4, 0.5) is 4.79 Å². The van der Waals surface area contributed by atoms with Crippen molar-refractivity contribution < 1.29 is 14.6 Å². The van der Waals surface area contributed by atoms with E-state index < -0.39 is 0 Å². The van der Waals surface area contributed by atoms with Crippen molar-refractivity contribution in [3.05, 3.63) is 0 Å². The van der Waals surface area contributed by atoms with E-state index in [0.29, 0.717) is 6.61 Å². The van der Waals surface area contributed by atoms with E-state index in [1.807, 2.05) is 9.80 Å². The van der Waals surface area contributed by atoms with Crippen LogP contribution in [0.3, 0.4) is 0 Å². The average Bonchev–Trinajstić information content (AvgIpc) is 2.74. The van der Waals surface area contributed by atoms with Gasteiger partial charge < -0.3 is 19.6 Å². The molecule has 2 aliphatic rings. The Morgan fingerprint density at radius 2 is 1.58 bits per heavy atom. The molecule has 110 valence electrons. The predicted molar refractivity (Wildman–Crippen MR) is 73.1 cm³/mol. The fourth-order valence-corrected chi connectivity index (χ4v) is 2.90. The number of carbonyl (C=O) groups excluding carboxylic acids is 1. The summed E-state index contributed by atoms with van der Waals surface area (Å²) in [6.45, 7) is 3.88. The van der Waals surface area contributed by atoms with Crippen LogP contribution in [0.1, 0.15) is 38.5 Å². The Morgan fingerprint density at radius 1 is 1.00 bits per heavy atom. The largest absolute Gasteiger partial charge is 0.394 e. The van der Waals surface area contributed by atoms with Crippen LogP contribution in [-0.4, -0.2) is 66.4 Å². The number of likely N-dealkylation sites (tertiary alicyclic amines) is 2. The predicted octanol–water partition coefficient (Wildman–Crippen LogP) is 1.46. The van der Waals surface area contributed by atoms with E-state index in [0.717, 1.165) is 51.9 Å². The van der Waals surface area contributed by atoms with Crippen molar-refractivity contribution in [2.75, 3.05) is 39.4 Å². The van der Waals surface area contributed by atoms with Gasteiger partial charge in [-0.05, 0) is 25.7 Å². The number of hydrogen-bond donors (Lipinski definition) is 1. The van der Waals surface area contributed by atoms with Crippen LogP contribution in [0.15, 0.2) is 0 Å². The molecule has 0 aromatic carbocycles. The molecular weight excluding hydrogens is 244 g/mol. The number of nitrogens with zero attached hydrogens (tertiary/aromatic N) is 2. The van der Waals surface area contributed by atoms with E-state index in [-0.39, 0.29) is 18.7 Å². The van der Waals surface area contributed by atoms with E-state index >= 15 is 0 Å². The molecule has 0 atom stereocenters. The van der Waals surface area contributed by atoms with Crippen molar-refractivity contribution >= 4 is 6.03 Å². The second kappa shape index (κ2) is 7.70. The zero-order valence-corrected chi connectivity index (χ0v) is 11.7. The van der Waals surface area contributed by atoms with Crippen molar-refractivity contribution in [2.45, 2.75) is 44.6 Å². The first kappa shape index (κ1) is 14.6. The highest BCUT2D eigenvalue weighted by Crippen LogP contribution is 2.17. The minimum atomic E-state index is 0.0763. The van der Waals surface area contributed by atoms with Gasteiger partial charge in [0.2, 0.25) is 0 Å². The van der Waals surface area contributed by atoms with Gasteiger partial charge in [0.25, 0.3) is 0 Å². The fraction of sp³-hybridized carbons (Fsp3) is 0.929.